The van der Waals surface area contributed by atoms with Crippen LogP contribution in [0.2, 0.25) is 0 Å². The molecule has 0 aliphatic carbocycles. The first-order valence-corrected chi connectivity index (χ1v) is 6.44. The fraction of sp³-hybridized carbons (Fsp3) is 0.571. The molecular weight excluding hydrogens is 271 g/mol. The average molecular weight is 291 g/mol. The number of benzene rings is 1. The van der Waals surface area contributed by atoms with Crippen molar-refractivity contribution in [2.24, 2.45) is 0 Å². The highest BCUT2D eigenvalue weighted by molar-refractivity contribution is 5.39. The van der Waals surface area contributed by atoms with Crippen molar-refractivity contribution in [2.75, 3.05) is 6.61 Å². The molecule has 0 aliphatic heterocycles. The predicted molar refractivity (Wildman–Crippen MR) is 70.6 cm³/mol. The molecule has 1 rings (SSSR count). The first-order valence-electron chi connectivity index (χ1n) is 6.44. The van der Waals surface area contributed by atoms with Crippen LogP contribution in [0.5, 0.6) is 5.75 Å². The van der Waals surface area contributed by atoms with Crippen molar-refractivity contribution in [3.05, 3.63) is 29.3 Å². The molecule has 0 saturated carbocycles. The number of hydrogen-bond donors (Lipinski definition) is 2. The Morgan fingerprint density at radius 2 is 1.90 bits per heavy atom. The maximum absolute atomic E-state index is 13.0. The summed E-state index contributed by atoms with van der Waals surface area (Å²) in [5, 5.41) is 12.2. The highest BCUT2D eigenvalue weighted by Crippen LogP contribution is 2.36. The van der Waals surface area contributed by atoms with Crippen molar-refractivity contribution in [3.8, 4) is 5.75 Å². The molecule has 3 nitrogen and oxygen atoms in total. The Morgan fingerprint density at radius 1 is 1.25 bits per heavy atom. The minimum Gasteiger partial charge on any atom is -0.490 e. The Morgan fingerprint density at radius 3 is 2.40 bits per heavy atom. The van der Waals surface area contributed by atoms with Gasteiger partial charge in [-0.1, -0.05) is 19.9 Å². The Labute approximate surface area is 116 Å². The van der Waals surface area contributed by atoms with Crippen molar-refractivity contribution in [1.29, 1.82) is 0 Å². The minimum atomic E-state index is -4.48. The van der Waals surface area contributed by atoms with Crippen LogP contribution in [0.25, 0.3) is 0 Å². The van der Waals surface area contributed by atoms with Gasteiger partial charge in [0.1, 0.15) is 12.4 Å². The van der Waals surface area contributed by atoms with Crippen LogP contribution in [0, 0.1) is 0 Å². The van der Waals surface area contributed by atoms with E-state index in [0.29, 0.717) is 12.1 Å². The van der Waals surface area contributed by atoms with Gasteiger partial charge in [-0.15, -0.1) is 0 Å². The zero-order valence-electron chi connectivity index (χ0n) is 11.8. The standard InChI is InChI=1S/C14H20F3NO2/c1-9(2)18-7-11-4-5-13(20-8-10(3)19)12(6-11)14(15,16)17/h4-6,9-10,18-19H,7-8H2,1-3H3. The molecule has 0 radical (unpaired) electrons. The molecule has 0 aromatic heterocycles. The summed E-state index contributed by atoms with van der Waals surface area (Å²) in [6.07, 6.45) is -5.31. The number of nitrogens with one attached hydrogen (secondary N) is 1. The Balaban J connectivity index is 2.95. The predicted octanol–water partition coefficient (Wildman–Crippen LogP) is 2.96. The van der Waals surface area contributed by atoms with Crippen molar-refractivity contribution in [3.63, 3.8) is 0 Å². The largest absolute Gasteiger partial charge is 0.490 e. The Bertz CT molecular complexity index is 431. The number of rotatable bonds is 6. The third-order valence-corrected chi connectivity index (χ3v) is 2.54. The third-order valence-electron chi connectivity index (χ3n) is 2.54. The third kappa shape index (κ3) is 5.38. The highest BCUT2D eigenvalue weighted by Gasteiger charge is 2.34. The van der Waals surface area contributed by atoms with Gasteiger partial charge in [-0.3, -0.25) is 0 Å². The summed E-state index contributed by atoms with van der Waals surface area (Å²) < 4.78 is 44.0. The van der Waals surface area contributed by atoms with Crippen LogP contribution in [0.3, 0.4) is 0 Å². The monoisotopic (exact) mass is 291 g/mol. The number of aliphatic hydroxyl groups is 1. The minimum absolute atomic E-state index is 0.174. The lowest BCUT2D eigenvalue weighted by Crippen LogP contribution is -2.22. The van der Waals surface area contributed by atoms with Crippen LogP contribution in [0.1, 0.15) is 31.9 Å². The molecule has 0 aliphatic rings. The summed E-state index contributed by atoms with van der Waals surface area (Å²) in [7, 11) is 0. The van der Waals surface area contributed by atoms with E-state index in [1.54, 1.807) is 6.07 Å². The van der Waals surface area contributed by atoms with Crippen molar-refractivity contribution < 1.29 is 23.0 Å². The molecule has 0 heterocycles. The second-order valence-electron chi connectivity index (χ2n) is 5.02. The number of hydrogen-bond acceptors (Lipinski definition) is 3. The van der Waals surface area contributed by atoms with E-state index in [1.165, 1.54) is 13.0 Å². The summed E-state index contributed by atoms with van der Waals surface area (Å²) in [5.41, 5.74) is -0.281. The molecule has 0 saturated heterocycles. The molecule has 0 spiro atoms. The van der Waals surface area contributed by atoms with Gasteiger partial charge >= 0.3 is 6.18 Å². The van der Waals surface area contributed by atoms with E-state index < -0.39 is 17.8 Å². The van der Waals surface area contributed by atoms with Crippen molar-refractivity contribution >= 4 is 0 Å². The summed E-state index contributed by atoms with van der Waals surface area (Å²) in [5.74, 6) is -0.258. The fourth-order valence-electron chi connectivity index (χ4n) is 1.57. The second-order valence-corrected chi connectivity index (χ2v) is 5.02. The van der Waals surface area contributed by atoms with Crippen LogP contribution >= 0.6 is 0 Å². The topological polar surface area (TPSA) is 41.5 Å². The van der Waals surface area contributed by atoms with Gasteiger partial charge < -0.3 is 15.2 Å². The molecule has 1 unspecified atom stereocenters. The van der Waals surface area contributed by atoms with Crippen LogP contribution in [-0.2, 0) is 12.7 Å². The molecule has 6 heteroatoms. The molecule has 2 N–H and O–H groups in total. The maximum atomic E-state index is 13.0. The fourth-order valence-corrected chi connectivity index (χ4v) is 1.57. The van der Waals surface area contributed by atoms with Crippen LogP contribution in [0.15, 0.2) is 18.2 Å². The van der Waals surface area contributed by atoms with E-state index in [4.69, 9.17) is 9.84 Å². The summed E-state index contributed by atoms with van der Waals surface area (Å²) in [6.45, 7) is 5.48. The number of aliphatic hydroxyl groups excluding tert-OH is 1. The quantitative estimate of drug-likeness (QED) is 0.846. The van der Waals surface area contributed by atoms with Crippen molar-refractivity contribution in [2.45, 2.75) is 45.6 Å². The SMILES string of the molecule is CC(O)COc1ccc(CNC(C)C)cc1C(F)(F)F. The molecule has 1 aromatic rings. The maximum Gasteiger partial charge on any atom is 0.419 e. The molecule has 0 amide bonds. The molecule has 1 atom stereocenters. The highest BCUT2D eigenvalue weighted by atomic mass is 19.4. The van der Waals surface area contributed by atoms with Gasteiger partial charge in [0, 0.05) is 12.6 Å². The molecular formula is C14H20F3NO2. The Kier molecular flexibility index (Phi) is 5.83. The van der Waals surface area contributed by atoms with Gasteiger partial charge in [0.05, 0.1) is 11.7 Å². The van der Waals surface area contributed by atoms with Crippen LogP contribution in [0.4, 0.5) is 13.2 Å². The van der Waals surface area contributed by atoms with Gasteiger partial charge in [-0.05, 0) is 24.6 Å². The molecule has 1 aromatic carbocycles. The number of halogens is 3. The number of ether oxygens (including phenoxy) is 1. The lowest BCUT2D eigenvalue weighted by molar-refractivity contribution is -0.139. The number of alkyl halides is 3. The lowest BCUT2D eigenvalue weighted by atomic mass is 10.1. The molecule has 0 bridgehead atoms. The van der Waals surface area contributed by atoms with Gasteiger partial charge in [0.2, 0.25) is 0 Å². The summed E-state index contributed by atoms with van der Waals surface area (Å²) >= 11 is 0. The summed E-state index contributed by atoms with van der Waals surface area (Å²) in [4.78, 5) is 0. The van der Waals surface area contributed by atoms with Crippen molar-refractivity contribution in [1.82, 2.24) is 5.32 Å². The zero-order chi connectivity index (χ0) is 15.3. The second kappa shape index (κ2) is 6.95. The zero-order valence-corrected chi connectivity index (χ0v) is 11.8. The molecule has 20 heavy (non-hydrogen) atoms. The Hall–Kier alpha value is -1.27. The van der Waals surface area contributed by atoms with E-state index in [-0.39, 0.29) is 18.4 Å². The smallest absolute Gasteiger partial charge is 0.419 e. The van der Waals surface area contributed by atoms with Gasteiger partial charge in [-0.25, -0.2) is 0 Å². The normalized spacial score (nSPS) is 13.6. The van der Waals surface area contributed by atoms with E-state index in [0.717, 1.165) is 6.07 Å². The first kappa shape index (κ1) is 16.8. The summed E-state index contributed by atoms with van der Waals surface area (Å²) in [6, 6.07) is 4.15. The molecule has 114 valence electrons. The van der Waals surface area contributed by atoms with E-state index in [2.05, 4.69) is 5.32 Å². The van der Waals surface area contributed by atoms with E-state index in [9.17, 15) is 13.2 Å². The van der Waals surface area contributed by atoms with Gasteiger partial charge in [0.15, 0.2) is 0 Å². The van der Waals surface area contributed by atoms with Gasteiger partial charge in [0.25, 0.3) is 0 Å². The van der Waals surface area contributed by atoms with Gasteiger partial charge in [-0.2, -0.15) is 13.2 Å². The van der Waals surface area contributed by atoms with Crippen LogP contribution < -0.4 is 10.1 Å². The van der Waals surface area contributed by atoms with E-state index >= 15 is 0 Å². The van der Waals surface area contributed by atoms with E-state index in [1.807, 2.05) is 13.8 Å². The molecule has 0 fully saturated rings. The van der Waals surface area contributed by atoms with Crippen LogP contribution in [-0.4, -0.2) is 23.9 Å². The average Bonchev–Trinajstić information content (AvgIpc) is 2.33. The first-order chi connectivity index (χ1) is 9.20. The lowest BCUT2D eigenvalue weighted by Gasteiger charge is -2.17.